The van der Waals surface area contributed by atoms with Crippen LogP contribution in [0.15, 0.2) is 54.3 Å². The van der Waals surface area contributed by atoms with Gasteiger partial charge in [-0.3, -0.25) is 4.79 Å². The molecule has 2 atom stereocenters. The molecule has 0 radical (unpaired) electrons. The molecule has 2 aromatic rings. The highest BCUT2D eigenvalue weighted by molar-refractivity contribution is 5.93. The summed E-state index contributed by atoms with van der Waals surface area (Å²) in [4.78, 5) is 31.0. The molecule has 1 amide bonds. The molecule has 2 heterocycles. The van der Waals surface area contributed by atoms with E-state index in [1.807, 2.05) is 30.4 Å². The Balaban J connectivity index is 1.79. The Kier molecular flexibility index (Phi) is 2.90. The van der Waals surface area contributed by atoms with Crippen molar-refractivity contribution in [1.29, 1.82) is 0 Å². The number of H-pyrrole nitrogens is 1. The van der Waals surface area contributed by atoms with Gasteiger partial charge in [0.25, 0.3) is 0 Å². The van der Waals surface area contributed by atoms with E-state index in [2.05, 4.69) is 15.3 Å². The van der Waals surface area contributed by atoms with Gasteiger partial charge in [0.2, 0.25) is 5.91 Å². The van der Waals surface area contributed by atoms with Gasteiger partial charge in [-0.25, -0.2) is 9.78 Å². The maximum atomic E-state index is 12.3. The fraction of sp³-hybridized carbons (Fsp3) is 0.118. The van der Waals surface area contributed by atoms with Crippen LogP contribution in [0.1, 0.15) is 22.1 Å². The number of nitrogens with zero attached hydrogens (tertiary/aromatic N) is 1. The van der Waals surface area contributed by atoms with E-state index in [-0.39, 0.29) is 17.4 Å². The highest BCUT2D eigenvalue weighted by Crippen LogP contribution is 2.36. The van der Waals surface area contributed by atoms with Crippen molar-refractivity contribution in [3.8, 4) is 0 Å². The lowest BCUT2D eigenvalue weighted by molar-refractivity contribution is -0.120. The first-order valence-corrected chi connectivity index (χ1v) is 7.22. The van der Waals surface area contributed by atoms with Crippen LogP contribution in [0.3, 0.4) is 0 Å². The fourth-order valence-corrected chi connectivity index (χ4v) is 3.02. The summed E-state index contributed by atoms with van der Waals surface area (Å²) in [6.07, 6.45) is 9.55. The number of aromatic amines is 1. The van der Waals surface area contributed by atoms with Crippen LogP contribution in [-0.2, 0) is 4.79 Å². The smallest absolute Gasteiger partial charge is 0.335 e. The molecule has 0 spiro atoms. The van der Waals surface area contributed by atoms with E-state index >= 15 is 0 Å². The standard InChI is InChI=1S/C17H13N3O3/c21-16-14(10-4-2-1-3-5-11(10)20-16)15-18-12-7-6-9(17(22)23)8-13(12)19-15/h1-8,10,14H,(H,18,19)(H,20,21)(H,22,23). The normalized spacial score (nSPS) is 22.6. The summed E-state index contributed by atoms with van der Waals surface area (Å²) in [6, 6.07) is 4.68. The van der Waals surface area contributed by atoms with Gasteiger partial charge in [-0.15, -0.1) is 0 Å². The minimum Gasteiger partial charge on any atom is -0.478 e. The molecular weight excluding hydrogens is 294 g/mol. The predicted molar refractivity (Wildman–Crippen MR) is 83.8 cm³/mol. The second-order valence-electron chi connectivity index (χ2n) is 5.54. The minimum atomic E-state index is -0.996. The zero-order valence-electron chi connectivity index (χ0n) is 12.0. The number of amides is 1. The number of carbonyl (C=O) groups is 2. The number of allylic oxidation sites excluding steroid dienone is 5. The van der Waals surface area contributed by atoms with E-state index in [0.29, 0.717) is 16.9 Å². The van der Waals surface area contributed by atoms with Crippen LogP contribution in [0.2, 0.25) is 0 Å². The number of hydrogen-bond acceptors (Lipinski definition) is 3. The zero-order valence-corrected chi connectivity index (χ0v) is 12.0. The summed E-state index contributed by atoms with van der Waals surface area (Å²) in [7, 11) is 0. The van der Waals surface area contributed by atoms with Crippen LogP contribution in [0.25, 0.3) is 11.0 Å². The van der Waals surface area contributed by atoms with E-state index in [0.717, 1.165) is 5.70 Å². The van der Waals surface area contributed by atoms with Crippen LogP contribution in [0, 0.1) is 5.92 Å². The van der Waals surface area contributed by atoms with E-state index < -0.39 is 11.9 Å². The van der Waals surface area contributed by atoms with Crippen LogP contribution < -0.4 is 5.32 Å². The molecule has 1 fully saturated rings. The second kappa shape index (κ2) is 4.95. The molecule has 6 heteroatoms. The molecule has 2 unspecified atom stereocenters. The summed E-state index contributed by atoms with van der Waals surface area (Å²) >= 11 is 0. The average molecular weight is 307 g/mol. The van der Waals surface area contributed by atoms with Gasteiger partial charge in [0, 0.05) is 11.6 Å². The quantitative estimate of drug-likeness (QED) is 0.792. The molecule has 1 aliphatic carbocycles. The Bertz CT molecular complexity index is 920. The first kappa shape index (κ1) is 13.5. The lowest BCUT2D eigenvalue weighted by atomic mass is 9.92. The number of imidazole rings is 1. The first-order valence-electron chi connectivity index (χ1n) is 7.22. The van der Waals surface area contributed by atoms with Gasteiger partial charge < -0.3 is 15.4 Å². The summed E-state index contributed by atoms with van der Waals surface area (Å²) in [5.41, 5.74) is 2.28. The number of nitrogens with one attached hydrogen (secondary N) is 2. The Morgan fingerprint density at radius 2 is 2.09 bits per heavy atom. The topological polar surface area (TPSA) is 95.1 Å². The summed E-state index contributed by atoms with van der Waals surface area (Å²) in [5, 5.41) is 12.0. The first-order chi connectivity index (χ1) is 11.1. The Morgan fingerprint density at radius 3 is 2.91 bits per heavy atom. The third-order valence-corrected chi connectivity index (χ3v) is 4.13. The molecule has 6 nitrogen and oxygen atoms in total. The van der Waals surface area contributed by atoms with Gasteiger partial charge in [-0.1, -0.05) is 24.3 Å². The highest BCUT2D eigenvalue weighted by atomic mass is 16.4. The van der Waals surface area contributed by atoms with Gasteiger partial charge in [-0.05, 0) is 24.3 Å². The fourth-order valence-electron chi connectivity index (χ4n) is 3.02. The number of aromatic nitrogens is 2. The number of aromatic carboxylic acids is 1. The van der Waals surface area contributed by atoms with Crippen molar-refractivity contribution in [1.82, 2.24) is 15.3 Å². The lowest BCUT2D eigenvalue weighted by Crippen LogP contribution is -2.18. The Labute approximate surface area is 131 Å². The van der Waals surface area contributed by atoms with Crippen LogP contribution >= 0.6 is 0 Å². The molecule has 1 saturated heterocycles. The molecule has 1 aliphatic heterocycles. The van der Waals surface area contributed by atoms with Crippen LogP contribution in [0.5, 0.6) is 0 Å². The van der Waals surface area contributed by atoms with E-state index in [1.165, 1.54) is 12.1 Å². The minimum absolute atomic E-state index is 0.1000. The number of rotatable bonds is 2. The SMILES string of the molecule is O=C(O)c1ccc2nc(C3C(=O)NC4=CC=CC=CC43)[nH]c2c1. The summed E-state index contributed by atoms with van der Waals surface area (Å²) in [5.74, 6) is -1.11. The number of fused-ring (bicyclic) bond motifs is 2. The number of carbonyl (C=O) groups excluding carboxylic acids is 1. The largest absolute Gasteiger partial charge is 0.478 e. The van der Waals surface area contributed by atoms with Crippen LogP contribution in [0.4, 0.5) is 0 Å². The molecule has 23 heavy (non-hydrogen) atoms. The maximum Gasteiger partial charge on any atom is 0.335 e. The van der Waals surface area contributed by atoms with Crippen LogP contribution in [-0.4, -0.2) is 27.0 Å². The van der Waals surface area contributed by atoms with Crippen molar-refractivity contribution in [2.45, 2.75) is 5.92 Å². The molecule has 0 bridgehead atoms. The second-order valence-corrected chi connectivity index (χ2v) is 5.54. The van der Waals surface area contributed by atoms with Crippen molar-refractivity contribution in [3.63, 3.8) is 0 Å². The maximum absolute atomic E-state index is 12.3. The number of carboxylic acid groups (broad SMARTS) is 1. The van der Waals surface area contributed by atoms with Gasteiger partial charge >= 0.3 is 5.97 Å². The number of hydrogen-bond donors (Lipinski definition) is 3. The molecule has 2 aliphatic rings. The summed E-state index contributed by atoms with van der Waals surface area (Å²) < 4.78 is 0. The zero-order chi connectivity index (χ0) is 16.0. The number of benzene rings is 1. The Morgan fingerprint density at radius 1 is 1.22 bits per heavy atom. The lowest BCUT2D eigenvalue weighted by Gasteiger charge is -2.10. The van der Waals surface area contributed by atoms with Gasteiger partial charge in [0.1, 0.15) is 11.7 Å². The molecule has 114 valence electrons. The van der Waals surface area contributed by atoms with Crippen molar-refractivity contribution < 1.29 is 14.7 Å². The van der Waals surface area contributed by atoms with Crippen molar-refractivity contribution in [3.05, 3.63) is 65.7 Å². The molecule has 1 aromatic carbocycles. The van der Waals surface area contributed by atoms with E-state index in [4.69, 9.17) is 5.11 Å². The van der Waals surface area contributed by atoms with Gasteiger partial charge in [0.05, 0.1) is 16.6 Å². The average Bonchev–Trinajstić information content (AvgIpc) is 2.99. The van der Waals surface area contributed by atoms with Crippen molar-refractivity contribution in [2.24, 2.45) is 5.92 Å². The molecular formula is C17H13N3O3. The third kappa shape index (κ3) is 2.15. The molecule has 0 saturated carbocycles. The predicted octanol–water partition coefficient (Wildman–Crippen LogP) is 2.10. The van der Waals surface area contributed by atoms with Crippen molar-refractivity contribution in [2.75, 3.05) is 0 Å². The van der Waals surface area contributed by atoms with Crippen molar-refractivity contribution >= 4 is 22.9 Å². The van der Waals surface area contributed by atoms with E-state index in [9.17, 15) is 9.59 Å². The molecule has 4 rings (SSSR count). The summed E-state index contributed by atoms with van der Waals surface area (Å²) in [6.45, 7) is 0. The van der Waals surface area contributed by atoms with Gasteiger partial charge in [0.15, 0.2) is 0 Å². The van der Waals surface area contributed by atoms with E-state index in [1.54, 1.807) is 6.07 Å². The molecule has 3 N–H and O–H groups in total. The third-order valence-electron chi connectivity index (χ3n) is 4.13. The number of carboxylic acids is 1. The highest BCUT2D eigenvalue weighted by Gasteiger charge is 2.40. The Hall–Kier alpha value is -3.15. The molecule has 1 aromatic heterocycles. The van der Waals surface area contributed by atoms with Gasteiger partial charge in [-0.2, -0.15) is 0 Å². The monoisotopic (exact) mass is 307 g/mol.